The van der Waals surface area contributed by atoms with Gasteiger partial charge in [-0.2, -0.15) is 0 Å². The fourth-order valence-corrected chi connectivity index (χ4v) is 1.92. The van der Waals surface area contributed by atoms with Crippen LogP contribution in [0.2, 0.25) is 0 Å². The molecule has 16 heavy (non-hydrogen) atoms. The van der Waals surface area contributed by atoms with E-state index >= 15 is 0 Å². The minimum atomic E-state index is -3.41. The van der Waals surface area contributed by atoms with Gasteiger partial charge in [0.1, 0.15) is 0 Å². The van der Waals surface area contributed by atoms with E-state index in [9.17, 15) is 13.2 Å². The molecule has 0 amide bonds. The first-order chi connectivity index (χ1) is 7.38. The molecule has 4 nitrogen and oxygen atoms in total. The smallest absolute Gasteiger partial charge is 0.235 e. The van der Waals surface area contributed by atoms with Crippen LogP contribution in [0.1, 0.15) is 29.8 Å². The van der Waals surface area contributed by atoms with Gasteiger partial charge in [-0.05, 0) is 32.4 Å². The molecule has 0 aliphatic heterocycles. The normalized spacial score (nSPS) is 11.5. The van der Waals surface area contributed by atoms with Crippen LogP contribution < -0.4 is 4.72 Å². The molecule has 0 atom stereocenters. The summed E-state index contributed by atoms with van der Waals surface area (Å²) in [5, 5.41) is -0.535. The van der Waals surface area contributed by atoms with Gasteiger partial charge >= 0.3 is 0 Å². The number of anilines is 1. The first kappa shape index (κ1) is 12.7. The maximum atomic E-state index is 11.7. The summed E-state index contributed by atoms with van der Waals surface area (Å²) in [5.74, 6) is 0. The number of aryl methyl sites for hydroxylation is 1. The Bertz CT molecular complexity index is 492. The molecular weight excluding hydrogens is 226 g/mol. The monoisotopic (exact) mass is 241 g/mol. The zero-order valence-electron chi connectivity index (χ0n) is 9.52. The topological polar surface area (TPSA) is 63.2 Å². The third-order valence-corrected chi connectivity index (χ3v) is 4.06. The van der Waals surface area contributed by atoms with Crippen LogP contribution in [0.4, 0.5) is 5.69 Å². The Kier molecular flexibility index (Phi) is 3.70. The molecule has 5 heteroatoms. The molecule has 1 aromatic carbocycles. The van der Waals surface area contributed by atoms with Crippen molar-refractivity contribution in [3.8, 4) is 0 Å². The third kappa shape index (κ3) is 2.61. The summed E-state index contributed by atoms with van der Waals surface area (Å²) in [6.07, 6.45) is 0.660. The van der Waals surface area contributed by atoms with Crippen molar-refractivity contribution in [2.24, 2.45) is 0 Å². The fraction of sp³-hybridized carbons (Fsp3) is 0.364. The molecule has 0 radical (unpaired) electrons. The Morgan fingerprint density at radius 3 is 2.44 bits per heavy atom. The third-order valence-electron chi connectivity index (χ3n) is 2.31. The predicted molar refractivity (Wildman–Crippen MR) is 64.2 cm³/mol. The lowest BCUT2D eigenvalue weighted by Crippen LogP contribution is -2.23. The van der Waals surface area contributed by atoms with Crippen molar-refractivity contribution in [2.45, 2.75) is 26.0 Å². The molecule has 0 spiro atoms. The van der Waals surface area contributed by atoms with E-state index in [-0.39, 0.29) is 0 Å². The highest BCUT2D eigenvalue weighted by molar-refractivity contribution is 7.93. The highest BCUT2D eigenvalue weighted by Crippen LogP contribution is 2.19. The van der Waals surface area contributed by atoms with Crippen LogP contribution in [0.3, 0.4) is 0 Å². The summed E-state index contributed by atoms with van der Waals surface area (Å²) in [4.78, 5) is 10.9. The number of sulfonamides is 1. The fourth-order valence-electron chi connectivity index (χ4n) is 1.20. The van der Waals surface area contributed by atoms with Gasteiger partial charge in [-0.15, -0.1) is 0 Å². The van der Waals surface area contributed by atoms with Gasteiger partial charge in [0, 0.05) is 5.56 Å². The number of carbonyl (C=O) groups is 1. The van der Waals surface area contributed by atoms with Crippen LogP contribution in [0.25, 0.3) is 0 Å². The average Bonchev–Trinajstić information content (AvgIpc) is 2.17. The molecule has 0 unspecified atom stereocenters. The van der Waals surface area contributed by atoms with Gasteiger partial charge in [-0.1, -0.05) is 12.1 Å². The van der Waals surface area contributed by atoms with E-state index in [1.807, 2.05) is 0 Å². The number of rotatable bonds is 4. The molecule has 0 aliphatic rings. The molecule has 0 fully saturated rings. The van der Waals surface area contributed by atoms with Gasteiger partial charge in [0.15, 0.2) is 6.29 Å². The Morgan fingerprint density at radius 2 is 1.94 bits per heavy atom. The first-order valence-corrected chi connectivity index (χ1v) is 6.49. The first-order valence-electron chi connectivity index (χ1n) is 4.95. The molecule has 0 saturated heterocycles. The zero-order valence-corrected chi connectivity index (χ0v) is 10.3. The largest absolute Gasteiger partial charge is 0.298 e. The summed E-state index contributed by atoms with van der Waals surface area (Å²) in [7, 11) is -3.41. The summed E-state index contributed by atoms with van der Waals surface area (Å²) in [6, 6.07) is 5.05. The van der Waals surface area contributed by atoms with Crippen molar-refractivity contribution in [2.75, 3.05) is 4.72 Å². The van der Waals surface area contributed by atoms with Crippen molar-refractivity contribution in [1.82, 2.24) is 0 Å². The van der Waals surface area contributed by atoms with E-state index in [1.165, 1.54) is 0 Å². The standard InChI is InChI=1S/C11H15NO3S/c1-8(2)16(14,15)12-11-6-4-5-9(3)10(11)7-13/h4-8,12H,1-3H3. The van der Waals surface area contributed by atoms with Gasteiger partial charge in [-0.25, -0.2) is 8.42 Å². The molecule has 0 aliphatic carbocycles. The van der Waals surface area contributed by atoms with Crippen LogP contribution in [-0.2, 0) is 10.0 Å². The maximum Gasteiger partial charge on any atom is 0.235 e. The van der Waals surface area contributed by atoms with E-state index in [0.29, 0.717) is 17.5 Å². The molecule has 88 valence electrons. The van der Waals surface area contributed by atoms with Crippen molar-refractivity contribution in [3.63, 3.8) is 0 Å². The van der Waals surface area contributed by atoms with E-state index in [0.717, 1.165) is 5.56 Å². The molecule has 1 N–H and O–H groups in total. The van der Waals surface area contributed by atoms with Crippen LogP contribution in [0.5, 0.6) is 0 Å². The molecule has 1 aromatic rings. The van der Waals surface area contributed by atoms with Crippen molar-refractivity contribution >= 4 is 22.0 Å². The van der Waals surface area contributed by atoms with Gasteiger partial charge in [-0.3, -0.25) is 9.52 Å². The lowest BCUT2D eigenvalue weighted by Gasteiger charge is -2.13. The number of aldehydes is 1. The van der Waals surface area contributed by atoms with E-state index in [1.54, 1.807) is 39.0 Å². The average molecular weight is 241 g/mol. The molecule has 0 saturated carbocycles. The summed E-state index contributed by atoms with van der Waals surface area (Å²) < 4.78 is 25.7. The number of hydrogen-bond acceptors (Lipinski definition) is 3. The molecule has 0 aromatic heterocycles. The second-order valence-electron chi connectivity index (χ2n) is 3.85. The molecule has 1 rings (SSSR count). The number of hydrogen-bond donors (Lipinski definition) is 1. The summed E-state index contributed by atoms with van der Waals surface area (Å²) >= 11 is 0. The van der Waals surface area contributed by atoms with Gasteiger partial charge in [0.25, 0.3) is 0 Å². The van der Waals surface area contributed by atoms with Gasteiger partial charge in [0.05, 0.1) is 10.9 Å². The Morgan fingerprint density at radius 1 is 1.31 bits per heavy atom. The van der Waals surface area contributed by atoms with Crippen LogP contribution in [-0.4, -0.2) is 20.0 Å². The SMILES string of the molecule is Cc1cccc(NS(=O)(=O)C(C)C)c1C=O. The minimum Gasteiger partial charge on any atom is -0.298 e. The van der Waals surface area contributed by atoms with Crippen LogP contribution in [0, 0.1) is 6.92 Å². The van der Waals surface area contributed by atoms with E-state index in [2.05, 4.69) is 4.72 Å². The second kappa shape index (κ2) is 4.65. The number of nitrogens with one attached hydrogen (secondary N) is 1. The van der Waals surface area contributed by atoms with Crippen LogP contribution in [0.15, 0.2) is 18.2 Å². The van der Waals surface area contributed by atoms with Crippen molar-refractivity contribution in [1.29, 1.82) is 0 Å². The Balaban J connectivity index is 3.17. The molecule has 0 heterocycles. The second-order valence-corrected chi connectivity index (χ2v) is 6.09. The highest BCUT2D eigenvalue weighted by atomic mass is 32.2. The maximum absolute atomic E-state index is 11.7. The lowest BCUT2D eigenvalue weighted by atomic mass is 10.1. The quantitative estimate of drug-likeness (QED) is 0.819. The predicted octanol–water partition coefficient (Wildman–Crippen LogP) is 1.96. The van der Waals surface area contributed by atoms with Gasteiger partial charge in [0.2, 0.25) is 10.0 Å². The Hall–Kier alpha value is -1.36. The van der Waals surface area contributed by atoms with Gasteiger partial charge < -0.3 is 0 Å². The summed E-state index contributed by atoms with van der Waals surface area (Å²) in [6.45, 7) is 4.92. The summed E-state index contributed by atoms with van der Waals surface area (Å²) in [5.41, 5.74) is 1.47. The molecule has 0 bridgehead atoms. The van der Waals surface area contributed by atoms with E-state index < -0.39 is 15.3 Å². The lowest BCUT2D eigenvalue weighted by molar-refractivity contribution is 0.112. The highest BCUT2D eigenvalue weighted by Gasteiger charge is 2.17. The number of carbonyl (C=O) groups excluding carboxylic acids is 1. The van der Waals surface area contributed by atoms with Crippen molar-refractivity contribution in [3.05, 3.63) is 29.3 Å². The zero-order chi connectivity index (χ0) is 12.3. The van der Waals surface area contributed by atoms with Crippen LogP contribution >= 0.6 is 0 Å². The van der Waals surface area contributed by atoms with E-state index in [4.69, 9.17) is 0 Å². The minimum absolute atomic E-state index is 0.337. The number of benzene rings is 1. The van der Waals surface area contributed by atoms with Crippen molar-refractivity contribution < 1.29 is 13.2 Å². The molecular formula is C11H15NO3S. The Labute approximate surface area is 95.7 Å².